The Labute approximate surface area is 54.2 Å². The van der Waals surface area contributed by atoms with Gasteiger partial charge in [-0.25, -0.2) is 4.89 Å². The van der Waals surface area contributed by atoms with E-state index in [0.717, 1.165) is 12.8 Å². The summed E-state index contributed by atoms with van der Waals surface area (Å²) in [5, 5.41) is 17.3. The summed E-state index contributed by atoms with van der Waals surface area (Å²) in [6.45, 7) is 1.79. The molecule has 1 aliphatic carbocycles. The quantitative estimate of drug-likeness (QED) is 0.409. The molecule has 54 valence electrons. The Kier molecular flexibility index (Phi) is 1.75. The zero-order chi connectivity index (χ0) is 6.91. The fourth-order valence-electron chi connectivity index (χ4n) is 1.26. The molecular formula is C6H12O3. The van der Waals surface area contributed by atoms with Crippen molar-refractivity contribution in [2.45, 2.75) is 37.9 Å². The van der Waals surface area contributed by atoms with Gasteiger partial charge in [0.2, 0.25) is 0 Å². The standard InChI is InChI=1S/C6H12O3/c1-6(9-8)3-2-5(7)4-6/h5,7-8H,2-4H2,1H3. The molecule has 3 nitrogen and oxygen atoms in total. The average Bonchev–Trinajstić information content (AvgIpc) is 2.13. The van der Waals surface area contributed by atoms with Gasteiger partial charge in [0.25, 0.3) is 0 Å². The summed E-state index contributed by atoms with van der Waals surface area (Å²) >= 11 is 0. The van der Waals surface area contributed by atoms with Crippen LogP contribution in [0.3, 0.4) is 0 Å². The maximum Gasteiger partial charge on any atom is 0.103 e. The molecule has 9 heavy (non-hydrogen) atoms. The Bertz CT molecular complexity index is 104. The highest BCUT2D eigenvalue weighted by Crippen LogP contribution is 2.31. The molecule has 1 rings (SSSR count). The molecule has 3 heteroatoms. The molecule has 0 aromatic carbocycles. The lowest BCUT2D eigenvalue weighted by Gasteiger charge is -2.17. The van der Waals surface area contributed by atoms with E-state index in [-0.39, 0.29) is 6.10 Å². The molecule has 1 saturated carbocycles. The van der Waals surface area contributed by atoms with Gasteiger partial charge in [-0.3, -0.25) is 5.26 Å². The zero-order valence-corrected chi connectivity index (χ0v) is 5.50. The van der Waals surface area contributed by atoms with Crippen LogP contribution in [0, 0.1) is 0 Å². The van der Waals surface area contributed by atoms with E-state index in [2.05, 4.69) is 4.89 Å². The fraction of sp³-hybridized carbons (Fsp3) is 1.00. The highest BCUT2D eigenvalue weighted by Gasteiger charge is 2.35. The zero-order valence-electron chi connectivity index (χ0n) is 5.50. The first-order chi connectivity index (χ1) is 4.16. The molecule has 0 heterocycles. The Morgan fingerprint density at radius 3 is 2.56 bits per heavy atom. The molecule has 1 aliphatic rings. The van der Waals surface area contributed by atoms with Gasteiger partial charge in [-0.15, -0.1) is 0 Å². The van der Waals surface area contributed by atoms with E-state index in [1.54, 1.807) is 6.92 Å². The molecule has 0 aromatic heterocycles. The largest absolute Gasteiger partial charge is 0.393 e. The lowest BCUT2D eigenvalue weighted by Crippen LogP contribution is -2.23. The van der Waals surface area contributed by atoms with Crippen molar-refractivity contribution in [2.75, 3.05) is 0 Å². The van der Waals surface area contributed by atoms with E-state index in [1.807, 2.05) is 0 Å². The number of aliphatic hydroxyl groups is 1. The summed E-state index contributed by atoms with van der Waals surface area (Å²) in [6, 6.07) is 0. The number of rotatable bonds is 1. The van der Waals surface area contributed by atoms with Crippen molar-refractivity contribution in [2.24, 2.45) is 0 Å². The number of hydrogen-bond donors (Lipinski definition) is 2. The van der Waals surface area contributed by atoms with Crippen LogP contribution in [0.5, 0.6) is 0 Å². The normalized spacial score (nSPS) is 43.7. The van der Waals surface area contributed by atoms with Gasteiger partial charge in [0.05, 0.1) is 6.10 Å². The first-order valence-corrected chi connectivity index (χ1v) is 3.17. The topological polar surface area (TPSA) is 49.7 Å². The van der Waals surface area contributed by atoms with Gasteiger partial charge in [0.15, 0.2) is 0 Å². The van der Waals surface area contributed by atoms with Crippen molar-refractivity contribution in [3.63, 3.8) is 0 Å². The Hall–Kier alpha value is -0.120. The molecule has 2 atom stereocenters. The predicted molar refractivity (Wildman–Crippen MR) is 32.0 cm³/mol. The van der Waals surface area contributed by atoms with Gasteiger partial charge in [-0.2, -0.15) is 0 Å². The van der Waals surface area contributed by atoms with E-state index in [4.69, 9.17) is 10.4 Å². The van der Waals surface area contributed by atoms with Crippen molar-refractivity contribution in [3.05, 3.63) is 0 Å². The lowest BCUT2D eigenvalue weighted by atomic mass is 10.1. The van der Waals surface area contributed by atoms with Crippen molar-refractivity contribution in [1.29, 1.82) is 0 Å². The summed E-state index contributed by atoms with van der Waals surface area (Å²) in [5.74, 6) is 0. The Morgan fingerprint density at radius 2 is 2.33 bits per heavy atom. The summed E-state index contributed by atoms with van der Waals surface area (Å²) < 4.78 is 0. The van der Waals surface area contributed by atoms with Crippen LogP contribution in [0.2, 0.25) is 0 Å². The molecular weight excluding hydrogens is 120 g/mol. The van der Waals surface area contributed by atoms with Gasteiger partial charge in [-0.05, 0) is 19.8 Å². The van der Waals surface area contributed by atoms with Gasteiger partial charge >= 0.3 is 0 Å². The summed E-state index contributed by atoms with van der Waals surface area (Å²) in [5.41, 5.74) is -0.487. The van der Waals surface area contributed by atoms with Gasteiger partial charge in [0, 0.05) is 6.42 Å². The van der Waals surface area contributed by atoms with Crippen LogP contribution in [0.15, 0.2) is 0 Å². The Morgan fingerprint density at radius 1 is 1.67 bits per heavy atom. The lowest BCUT2D eigenvalue weighted by molar-refractivity contribution is -0.317. The molecule has 0 saturated heterocycles. The van der Waals surface area contributed by atoms with Crippen LogP contribution in [0.1, 0.15) is 26.2 Å². The molecule has 0 aromatic rings. The van der Waals surface area contributed by atoms with E-state index < -0.39 is 5.60 Å². The Balaban J connectivity index is 2.45. The van der Waals surface area contributed by atoms with Crippen molar-refractivity contribution >= 4 is 0 Å². The van der Waals surface area contributed by atoms with Crippen LogP contribution in [0.25, 0.3) is 0 Å². The summed E-state index contributed by atoms with van der Waals surface area (Å²) in [7, 11) is 0. The second kappa shape index (κ2) is 2.25. The van der Waals surface area contributed by atoms with Crippen molar-refractivity contribution in [3.8, 4) is 0 Å². The third-order valence-electron chi connectivity index (χ3n) is 1.89. The second-order valence-corrected chi connectivity index (χ2v) is 2.94. The number of hydrogen-bond acceptors (Lipinski definition) is 3. The first-order valence-electron chi connectivity index (χ1n) is 3.17. The predicted octanol–water partition coefficient (Wildman–Crippen LogP) is 0.779. The molecule has 1 fully saturated rings. The average molecular weight is 132 g/mol. The smallest absolute Gasteiger partial charge is 0.103 e. The van der Waals surface area contributed by atoms with Crippen LogP contribution in [-0.2, 0) is 4.89 Å². The van der Waals surface area contributed by atoms with Gasteiger partial charge in [0.1, 0.15) is 5.60 Å². The van der Waals surface area contributed by atoms with E-state index in [0.29, 0.717) is 6.42 Å². The highest BCUT2D eigenvalue weighted by molar-refractivity contribution is 4.85. The van der Waals surface area contributed by atoms with Crippen LogP contribution in [-0.4, -0.2) is 22.1 Å². The van der Waals surface area contributed by atoms with Crippen molar-refractivity contribution < 1.29 is 15.3 Å². The molecule has 0 amide bonds. The third kappa shape index (κ3) is 1.41. The van der Waals surface area contributed by atoms with Crippen molar-refractivity contribution in [1.82, 2.24) is 0 Å². The maximum absolute atomic E-state index is 9.00. The minimum atomic E-state index is -0.487. The highest BCUT2D eigenvalue weighted by atomic mass is 17.1. The van der Waals surface area contributed by atoms with Crippen LogP contribution in [0.4, 0.5) is 0 Å². The summed E-state index contributed by atoms with van der Waals surface area (Å²) in [6.07, 6.45) is 1.73. The molecule has 0 radical (unpaired) electrons. The molecule has 0 bridgehead atoms. The molecule has 2 N–H and O–H groups in total. The van der Waals surface area contributed by atoms with E-state index in [9.17, 15) is 0 Å². The van der Waals surface area contributed by atoms with Gasteiger partial charge < -0.3 is 5.11 Å². The van der Waals surface area contributed by atoms with Crippen LogP contribution >= 0.6 is 0 Å². The molecule has 0 spiro atoms. The third-order valence-corrected chi connectivity index (χ3v) is 1.89. The fourth-order valence-corrected chi connectivity index (χ4v) is 1.26. The van der Waals surface area contributed by atoms with E-state index in [1.165, 1.54) is 0 Å². The monoisotopic (exact) mass is 132 g/mol. The SMILES string of the molecule is CC1(OO)CCC(O)C1. The number of aliphatic hydroxyl groups excluding tert-OH is 1. The summed E-state index contributed by atoms with van der Waals surface area (Å²) in [4.78, 5) is 4.21. The maximum atomic E-state index is 9.00. The minimum absolute atomic E-state index is 0.290. The van der Waals surface area contributed by atoms with E-state index >= 15 is 0 Å². The molecule has 0 aliphatic heterocycles. The van der Waals surface area contributed by atoms with Crippen LogP contribution < -0.4 is 0 Å². The first kappa shape index (κ1) is 6.99. The second-order valence-electron chi connectivity index (χ2n) is 2.94. The van der Waals surface area contributed by atoms with Gasteiger partial charge in [-0.1, -0.05) is 0 Å². The molecule has 2 unspecified atom stereocenters. The minimum Gasteiger partial charge on any atom is -0.393 e.